The number of aromatic nitrogens is 3. The molecule has 0 radical (unpaired) electrons. The van der Waals surface area contributed by atoms with E-state index in [1.165, 1.54) is 16.7 Å². The molecule has 2 heterocycles. The van der Waals surface area contributed by atoms with Crippen LogP contribution in [0.25, 0.3) is 22.4 Å². The molecule has 112 valence electrons. The van der Waals surface area contributed by atoms with Crippen LogP contribution >= 0.6 is 0 Å². The zero-order chi connectivity index (χ0) is 15.7. The molecule has 2 aromatic heterocycles. The van der Waals surface area contributed by atoms with E-state index in [0.29, 0.717) is 5.92 Å². The second kappa shape index (κ2) is 5.84. The number of hydrogen-bond acceptors (Lipinski definition) is 3. The Labute approximate surface area is 131 Å². The predicted molar refractivity (Wildman–Crippen MR) is 90.8 cm³/mol. The number of hydrogen-bond donors (Lipinski definition) is 0. The van der Waals surface area contributed by atoms with E-state index in [0.717, 1.165) is 28.8 Å². The highest BCUT2D eigenvalue weighted by molar-refractivity contribution is 5.79. The highest BCUT2D eigenvalue weighted by Crippen LogP contribution is 2.23. The van der Waals surface area contributed by atoms with Crippen LogP contribution in [0.4, 0.5) is 0 Å². The number of benzene rings is 1. The largest absolute Gasteiger partial charge is 0.236 e. The monoisotopic (exact) mass is 291 g/mol. The van der Waals surface area contributed by atoms with Gasteiger partial charge in [-0.25, -0.2) is 15.0 Å². The molecule has 22 heavy (non-hydrogen) atoms. The van der Waals surface area contributed by atoms with Crippen molar-refractivity contribution in [2.75, 3.05) is 0 Å². The molecule has 0 unspecified atom stereocenters. The number of aryl methyl sites for hydroxylation is 2. The van der Waals surface area contributed by atoms with Crippen LogP contribution in [0.1, 0.15) is 30.5 Å². The lowest BCUT2D eigenvalue weighted by atomic mass is 10.0. The van der Waals surface area contributed by atoms with Gasteiger partial charge in [0.05, 0.1) is 0 Å². The second-order valence-corrected chi connectivity index (χ2v) is 6.38. The number of pyridine rings is 1. The van der Waals surface area contributed by atoms with Gasteiger partial charge in [0.1, 0.15) is 0 Å². The molecule has 0 aliphatic heterocycles. The fraction of sp³-hybridized carbons (Fsp3) is 0.316. The van der Waals surface area contributed by atoms with Crippen molar-refractivity contribution in [3.8, 4) is 11.4 Å². The molecular weight excluding hydrogens is 270 g/mol. The van der Waals surface area contributed by atoms with E-state index in [1.807, 2.05) is 12.4 Å². The zero-order valence-electron chi connectivity index (χ0n) is 13.6. The molecule has 0 fully saturated rings. The summed E-state index contributed by atoms with van der Waals surface area (Å²) in [5, 5.41) is 1.06. The first kappa shape index (κ1) is 14.6. The summed E-state index contributed by atoms with van der Waals surface area (Å²) in [6, 6.07) is 8.46. The van der Waals surface area contributed by atoms with Crippen molar-refractivity contribution in [3.63, 3.8) is 0 Å². The Morgan fingerprint density at radius 3 is 2.41 bits per heavy atom. The number of rotatable bonds is 3. The molecular formula is C19H21N3. The summed E-state index contributed by atoms with van der Waals surface area (Å²) in [5.74, 6) is 1.35. The first-order valence-electron chi connectivity index (χ1n) is 7.72. The summed E-state index contributed by atoms with van der Waals surface area (Å²) in [7, 11) is 0. The quantitative estimate of drug-likeness (QED) is 0.712. The summed E-state index contributed by atoms with van der Waals surface area (Å²) >= 11 is 0. The van der Waals surface area contributed by atoms with E-state index in [1.54, 1.807) is 0 Å². The Kier molecular flexibility index (Phi) is 3.88. The lowest BCUT2D eigenvalue weighted by Crippen LogP contribution is -1.99. The maximum atomic E-state index is 4.67. The Morgan fingerprint density at radius 2 is 1.73 bits per heavy atom. The average Bonchev–Trinajstić information content (AvgIpc) is 2.45. The van der Waals surface area contributed by atoms with Gasteiger partial charge < -0.3 is 0 Å². The zero-order valence-corrected chi connectivity index (χ0v) is 13.6. The molecule has 0 bridgehead atoms. The van der Waals surface area contributed by atoms with Crippen LogP contribution in [-0.4, -0.2) is 15.0 Å². The van der Waals surface area contributed by atoms with E-state index in [9.17, 15) is 0 Å². The topological polar surface area (TPSA) is 38.7 Å². The van der Waals surface area contributed by atoms with Crippen molar-refractivity contribution in [3.05, 3.63) is 53.3 Å². The summed E-state index contributed by atoms with van der Waals surface area (Å²) in [4.78, 5) is 13.7. The molecule has 3 rings (SSSR count). The van der Waals surface area contributed by atoms with Crippen LogP contribution in [0.2, 0.25) is 0 Å². The summed E-state index contributed by atoms with van der Waals surface area (Å²) < 4.78 is 0. The predicted octanol–water partition coefficient (Wildman–Crippen LogP) is 4.51. The summed E-state index contributed by atoms with van der Waals surface area (Å²) in [6.45, 7) is 8.63. The van der Waals surface area contributed by atoms with Crippen molar-refractivity contribution in [1.29, 1.82) is 0 Å². The molecule has 3 nitrogen and oxygen atoms in total. The van der Waals surface area contributed by atoms with Crippen LogP contribution < -0.4 is 0 Å². The van der Waals surface area contributed by atoms with E-state index in [-0.39, 0.29) is 0 Å². The van der Waals surface area contributed by atoms with E-state index in [4.69, 9.17) is 0 Å². The van der Waals surface area contributed by atoms with Crippen molar-refractivity contribution < 1.29 is 0 Å². The van der Waals surface area contributed by atoms with Gasteiger partial charge in [0.25, 0.3) is 0 Å². The lowest BCUT2D eigenvalue weighted by molar-refractivity contribution is 0.649. The van der Waals surface area contributed by atoms with E-state index >= 15 is 0 Å². The van der Waals surface area contributed by atoms with Crippen LogP contribution in [0.15, 0.2) is 36.7 Å². The minimum absolute atomic E-state index is 0.602. The van der Waals surface area contributed by atoms with Gasteiger partial charge in [-0.2, -0.15) is 0 Å². The van der Waals surface area contributed by atoms with Gasteiger partial charge in [-0.05, 0) is 49.9 Å². The van der Waals surface area contributed by atoms with Gasteiger partial charge in [0, 0.05) is 23.3 Å². The molecule has 1 aromatic carbocycles. The maximum absolute atomic E-state index is 4.67. The minimum atomic E-state index is 0.602. The van der Waals surface area contributed by atoms with Gasteiger partial charge in [-0.15, -0.1) is 0 Å². The van der Waals surface area contributed by atoms with E-state index in [2.05, 4.69) is 66.9 Å². The Bertz CT molecular complexity index is 802. The Balaban J connectivity index is 2.10. The third-order valence-electron chi connectivity index (χ3n) is 3.70. The fourth-order valence-corrected chi connectivity index (χ4v) is 2.85. The Morgan fingerprint density at radius 1 is 1.00 bits per heavy atom. The first-order chi connectivity index (χ1) is 10.5. The van der Waals surface area contributed by atoms with Crippen LogP contribution in [-0.2, 0) is 6.42 Å². The molecule has 0 N–H and O–H groups in total. The highest BCUT2D eigenvalue weighted by atomic mass is 14.9. The molecule has 0 spiro atoms. The molecule has 0 aliphatic rings. The fourth-order valence-electron chi connectivity index (χ4n) is 2.85. The molecule has 0 amide bonds. The van der Waals surface area contributed by atoms with Crippen molar-refractivity contribution >= 4 is 11.0 Å². The summed E-state index contributed by atoms with van der Waals surface area (Å²) in [5.41, 5.74) is 5.55. The first-order valence-corrected chi connectivity index (χ1v) is 7.72. The normalized spacial score (nSPS) is 11.3. The van der Waals surface area contributed by atoms with Crippen molar-refractivity contribution in [1.82, 2.24) is 15.0 Å². The van der Waals surface area contributed by atoms with Crippen molar-refractivity contribution in [2.45, 2.75) is 34.1 Å². The summed E-state index contributed by atoms with van der Waals surface area (Å²) in [6.07, 6.45) is 4.78. The van der Waals surface area contributed by atoms with Gasteiger partial charge >= 0.3 is 0 Å². The standard InChI is InChI=1S/C19H21N3/c1-12(2)7-15-5-6-20-19-17(15)11-21-18(22-19)16-9-13(3)8-14(4)10-16/h5-6,8-12H,7H2,1-4H3. The molecule has 0 saturated carbocycles. The minimum Gasteiger partial charge on any atom is -0.236 e. The van der Waals surface area contributed by atoms with E-state index < -0.39 is 0 Å². The van der Waals surface area contributed by atoms with Crippen LogP contribution in [0, 0.1) is 19.8 Å². The third kappa shape index (κ3) is 2.98. The van der Waals surface area contributed by atoms with Crippen molar-refractivity contribution in [2.24, 2.45) is 5.92 Å². The van der Waals surface area contributed by atoms with Gasteiger partial charge in [0.2, 0.25) is 0 Å². The van der Waals surface area contributed by atoms with Gasteiger partial charge in [-0.1, -0.05) is 31.0 Å². The van der Waals surface area contributed by atoms with Gasteiger partial charge in [-0.3, -0.25) is 0 Å². The van der Waals surface area contributed by atoms with Gasteiger partial charge in [0.15, 0.2) is 11.5 Å². The lowest BCUT2D eigenvalue weighted by Gasteiger charge is -2.09. The number of fused-ring (bicyclic) bond motifs is 1. The molecule has 3 heteroatoms. The smallest absolute Gasteiger partial charge is 0.163 e. The van der Waals surface area contributed by atoms with Crippen LogP contribution in [0.3, 0.4) is 0 Å². The second-order valence-electron chi connectivity index (χ2n) is 6.38. The highest BCUT2D eigenvalue weighted by Gasteiger charge is 2.09. The molecule has 0 saturated heterocycles. The molecule has 0 aliphatic carbocycles. The van der Waals surface area contributed by atoms with Crippen LogP contribution in [0.5, 0.6) is 0 Å². The molecule has 3 aromatic rings. The number of nitrogens with zero attached hydrogens (tertiary/aromatic N) is 3. The maximum Gasteiger partial charge on any atom is 0.163 e. The average molecular weight is 291 g/mol. The SMILES string of the molecule is Cc1cc(C)cc(-c2ncc3c(CC(C)C)ccnc3n2)c1. The third-order valence-corrected chi connectivity index (χ3v) is 3.70. The molecule has 0 atom stereocenters. The Hall–Kier alpha value is -2.29.